The molecule has 1 amide bonds. The molecule has 3 saturated heterocycles. The molecule has 3 aliphatic heterocycles. The molecule has 1 spiro atoms. The molecule has 10 heteroatoms. The predicted molar refractivity (Wildman–Crippen MR) is 129 cm³/mol. The van der Waals surface area contributed by atoms with Crippen molar-refractivity contribution in [3.05, 3.63) is 36.5 Å². The summed E-state index contributed by atoms with van der Waals surface area (Å²) in [5.41, 5.74) is 1.63. The van der Waals surface area contributed by atoms with Gasteiger partial charge in [-0.3, -0.25) is 9.78 Å². The van der Waals surface area contributed by atoms with E-state index in [1.165, 1.54) is 0 Å². The zero-order valence-corrected chi connectivity index (χ0v) is 20.1. The van der Waals surface area contributed by atoms with Crippen LogP contribution in [0, 0.1) is 0 Å². The number of amides is 1. The molecule has 4 heterocycles. The molecule has 182 valence electrons. The van der Waals surface area contributed by atoms with Crippen molar-refractivity contribution in [3.8, 4) is 0 Å². The van der Waals surface area contributed by atoms with E-state index in [0.717, 1.165) is 29.4 Å². The van der Waals surface area contributed by atoms with Crippen LogP contribution in [0.25, 0.3) is 10.9 Å². The van der Waals surface area contributed by atoms with Crippen molar-refractivity contribution in [2.75, 3.05) is 57.3 Å². The molecule has 1 aliphatic carbocycles. The molecule has 1 aromatic heterocycles. The Labute approximate surface area is 200 Å². The van der Waals surface area contributed by atoms with E-state index in [0.29, 0.717) is 64.7 Å². The lowest BCUT2D eigenvalue weighted by atomic mass is 9.90. The Balaban J connectivity index is 1.07. The average Bonchev–Trinajstić information content (AvgIpc) is 3.71. The predicted octanol–water partition coefficient (Wildman–Crippen LogP) is 1.46. The van der Waals surface area contributed by atoms with Crippen molar-refractivity contribution in [2.45, 2.75) is 37.3 Å². The van der Waals surface area contributed by atoms with Crippen molar-refractivity contribution >= 4 is 32.7 Å². The van der Waals surface area contributed by atoms with Gasteiger partial charge in [0.2, 0.25) is 5.91 Å². The second-order valence-corrected chi connectivity index (χ2v) is 11.8. The smallest absolute Gasteiger partial charge is 0.282 e. The van der Waals surface area contributed by atoms with Crippen LogP contribution < -0.4 is 4.90 Å². The van der Waals surface area contributed by atoms with E-state index in [2.05, 4.69) is 28.1 Å². The molecule has 0 unspecified atom stereocenters. The molecule has 0 bridgehead atoms. The Bertz CT molecular complexity index is 1180. The highest BCUT2D eigenvalue weighted by Crippen LogP contribution is 2.37. The van der Waals surface area contributed by atoms with Gasteiger partial charge in [0, 0.05) is 62.6 Å². The number of hydrogen-bond acceptors (Lipinski definition) is 6. The second kappa shape index (κ2) is 8.44. The number of ether oxygens (including phenoxy) is 1. The van der Waals surface area contributed by atoms with E-state index in [9.17, 15) is 13.2 Å². The standard InChI is InChI=1S/C24H31N5O4S/c30-23-17-33-24(18-29(23)20-5-6-20)7-10-27(11-8-24)34(31,32)28-14-12-26(13-15-28)21-4-3-19-2-1-9-25-22(19)16-21/h1-4,9,16,20H,5-8,10-15,17-18H2. The fourth-order valence-electron chi connectivity index (χ4n) is 5.48. The van der Waals surface area contributed by atoms with Gasteiger partial charge in [-0.25, -0.2) is 0 Å². The monoisotopic (exact) mass is 485 g/mol. The van der Waals surface area contributed by atoms with Gasteiger partial charge in [-0.1, -0.05) is 12.1 Å². The van der Waals surface area contributed by atoms with Crippen molar-refractivity contribution in [1.82, 2.24) is 18.5 Å². The van der Waals surface area contributed by atoms with Crippen LogP contribution in [0.2, 0.25) is 0 Å². The van der Waals surface area contributed by atoms with Crippen molar-refractivity contribution in [3.63, 3.8) is 0 Å². The number of nitrogens with zero attached hydrogens (tertiary/aromatic N) is 5. The topological polar surface area (TPSA) is 86.3 Å². The van der Waals surface area contributed by atoms with Gasteiger partial charge in [-0.15, -0.1) is 0 Å². The van der Waals surface area contributed by atoms with Crippen LogP contribution in [0.4, 0.5) is 5.69 Å². The van der Waals surface area contributed by atoms with Gasteiger partial charge in [0.25, 0.3) is 10.2 Å². The normalized spacial score (nSPS) is 24.8. The molecule has 34 heavy (non-hydrogen) atoms. The maximum absolute atomic E-state index is 13.4. The number of morpholine rings is 1. The molecular weight excluding hydrogens is 454 g/mol. The van der Waals surface area contributed by atoms with Gasteiger partial charge in [0.15, 0.2) is 0 Å². The number of piperidine rings is 1. The summed E-state index contributed by atoms with van der Waals surface area (Å²) in [6.45, 7) is 3.82. The first-order valence-corrected chi connectivity index (χ1v) is 13.6. The third-order valence-electron chi connectivity index (χ3n) is 7.75. The fourth-order valence-corrected chi connectivity index (χ4v) is 7.08. The Morgan fingerprint density at radius 3 is 2.44 bits per heavy atom. The zero-order chi connectivity index (χ0) is 23.3. The SMILES string of the molecule is O=C1COC2(CCN(S(=O)(=O)N3CCN(c4ccc5cccnc5c4)CC3)CC2)CN1C1CC1. The van der Waals surface area contributed by atoms with Crippen LogP contribution in [0.15, 0.2) is 36.5 Å². The molecule has 0 N–H and O–H groups in total. The Hall–Kier alpha value is -2.27. The van der Waals surface area contributed by atoms with E-state index in [4.69, 9.17) is 4.74 Å². The van der Waals surface area contributed by atoms with Gasteiger partial charge in [0.05, 0.1) is 17.7 Å². The maximum Gasteiger partial charge on any atom is 0.282 e. The summed E-state index contributed by atoms with van der Waals surface area (Å²) in [4.78, 5) is 20.8. The number of carbonyl (C=O) groups is 1. The fraction of sp³-hybridized carbons (Fsp3) is 0.583. The van der Waals surface area contributed by atoms with Crippen LogP contribution >= 0.6 is 0 Å². The minimum absolute atomic E-state index is 0.0724. The number of pyridine rings is 1. The number of hydrogen-bond donors (Lipinski definition) is 0. The van der Waals surface area contributed by atoms with Crippen LogP contribution in [-0.2, 0) is 19.7 Å². The lowest BCUT2D eigenvalue weighted by Crippen LogP contribution is -2.61. The molecule has 4 aliphatic rings. The molecule has 0 atom stereocenters. The van der Waals surface area contributed by atoms with Crippen LogP contribution in [0.5, 0.6) is 0 Å². The van der Waals surface area contributed by atoms with Crippen molar-refractivity contribution < 1.29 is 17.9 Å². The van der Waals surface area contributed by atoms with Gasteiger partial charge in [-0.2, -0.15) is 17.0 Å². The summed E-state index contributed by atoms with van der Waals surface area (Å²) in [6.07, 6.45) is 5.20. The average molecular weight is 486 g/mol. The highest BCUT2D eigenvalue weighted by atomic mass is 32.2. The van der Waals surface area contributed by atoms with E-state index < -0.39 is 15.8 Å². The van der Waals surface area contributed by atoms with E-state index in [-0.39, 0.29) is 12.5 Å². The number of aromatic nitrogens is 1. The van der Waals surface area contributed by atoms with Crippen LogP contribution in [0.1, 0.15) is 25.7 Å². The van der Waals surface area contributed by atoms with Crippen LogP contribution in [-0.4, -0.2) is 96.9 Å². The third kappa shape index (κ3) is 4.06. The number of anilines is 1. The molecule has 2 aromatic rings. The largest absolute Gasteiger partial charge is 0.369 e. The Kier molecular flexibility index (Phi) is 5.51. The van der Waals surface area contributed by atoms with Crippen molar-refractivity contribution in [2.24, 2.45) is 0 Å². The van der Waals surface area contributed by atoms with Gasteiger partial charge in [-0.05, 0) is 43.9 Å². The molecule has 9 nitrogen and oxygen atoms in total. The maximum atomic E-state index is 13.4. The molecule has 4 fully saturated rings. The molecule has 0 radical (unpaired) electrons. The third-order valence-corrected chi connectivity index (χ3v) is 9.78. The first-order chi connectivity index (χ1) is 16.4. The summed E-state index contributed by atoms with van der Waals surface area (Å²) in [6, 6.07) is 10.6. The molecule has 1 aromatic carbocycles. The molecular formula is C24H31N5O4S. The minimum atomic E-state index is -3.52. The summed E-state index contributed by atoms with van der Waals surface area (Å²) >= 11 is 0. The first-order valence-electron chi connectivity index (χ1n) is 12.2. The number of benzene rings is 1. The summed E-state index contributed by atoms with van der Waals surface area (Å²) in [7, 11) is -3.52. The number of fused-ring (bicyclic) bond motifs is 1. The Morgan fingerprint density at radius 1 is 0.971 bits per heavy atom. The number of carbonyl (C=O) groups excluding carboxylic acids is 1. The highest BCUT2D eigenvalue weighted by molar-refractivity contribution is 7.86. The molecule has 6 rings (SSSR count). The second-order valence-electron chi connectivity index (χ2n) is 9.90. The van der Waals surface area contributed by atoms with E-state index >= 15 is 0 Å². The first kappa shape index (κ1) is 22.2. The van der Waals surface area contributed by atoms with Gasteiger partial charge < -0.3 is 14.5 Å². The summed E-state index contributed by atoms with van der Waals surface area (Å²) in [5.74, 6) is 0.0724. The lowest BCUT2D eigenvalue weighted by Gasteiger charge is -2.47. The van der Waals surface area contributed by atoms with Crippen LogP contribution in [0.3, 0.4) is 0 Å². The summed E-state index contributed by atoms with van der Waals surface area (Å²) in [5, 5.41) is 1.10. The molecule has 1 saturated carbocycles. The van der Waals surface area contributed by atoms with E-state index in [1.807, 2.05) is 17.0 Å². The zero-order valence-electron chi connectivity index (χ0n) is 19.3. The van der Waals surface area contributed by atoms with Gasteiger partial charge >= 0.3 is 0 Å². The number of rotatable bonds is 4. The lowest BCUT2D eigenvalue weighted by molar-refractivity contribution is -0.170. The van der Waals surface area contributed by atoms with Gasteiger partial charge in [0.1, 0.15) is 6.61 Å². The van der Waals surface area contributed by atoms with E-state index in [1.54, 1.807) is 14.8 Å². The minimum Gasteiger partial charge on any atom is -0.369 e. The highest BCUT2D eigenvalue weighted by Gasteiger charge is 2.48. The summed E-state index contributed by atoms with van der Waals surface area (Å²) < 4.78 is 36.0. The van der Waals surface area contributed by atoms with Crippen molar-refractivity contribution in [1.29, 1.82) is 0 Å². The number of piperazine rings is 1. The Morgan fingerprint density at radius 2 is 1.71 bits per heavy atom. The quantitative estimate of drug-likeness (QED) is 0.652.